The third-order valence-corrected chi connectivity index (χ3v) is 5.16. The van der Waals surface area contributed by atoms with Gasteiger partial charge in [0.1, 0.15) is 0 Å². The molecule has 0 amide bonds. The number of halogens is 2. The quantitative estimate of drug-likeness (QED) is 0.623. The van der Waals surface area contributed by atoms with Gasteiger partial charge < -0.3 is 0 Å². The lowest BCUT2D eigenvalue weighted by Gasteiger charge is -2.00. The first-order valence-corrected chi connectivity index (χ1v) is 8.11. The van der Waals surface area contributed by atoms with Crippen LogP contribution in [0.3, 0.4) is 0 Å². The lowest BCUT2D eigenvalue weighted by molar-refractivity contribution is 0.102. The van der Waals surface area contributed by atoms with Gasteiger partial charge in [-0.3, -0.25) is 4.79 Å². The number of nitrogens with zero attached hydrogens (tertiary/aromatic N) is 2. The molecule has 19 heavy (non-hydrogen) atoms. The molecule has 8 heteroatoms. The number of carbonyl (C=O) groups is 1. The van der Waals surface area contributed by atoms with Gasteiger partial charge in [0.15, 0.2) is 26.1 Å². The molecule has 1 aromatic carbocycles. The third-order valence-electron chi connectivity index (χ3n) is 2.13. The van der Waals surface area contributed by atoms with Crippen molar-refractivity contribution in [2.75, 3.05) is 12.0 Å². The number of hydrogen-bond acceptors (Lipinski definition) is 6. The Balaban J connectivity index is 1.99. The molecule has 0 aliphatic carbocycles. The summed E-state index contributed by atoms with van der Waals surface area (Å²) in [6.45, 7) is 0. The molecule has 0 bridgehead atoms. The Kier molecular flexibility index (Phi) is 4.89. The fourth-order valence-electron chi connectivity index (χ4n) is 1.22. The number of Topliss-reactive ketones (excluding diaryl/α,β-unsaturated/α-hetero) is 1. The summed E-state index contributed by atoms with van der Waals surface area (Å²) in [5.74, 6) is -2.13. The Labute approximate surface area is 120 Å². The SMILES string of the molecule is CSc1nnc(SCC(=O)c2ccc(F)c(F)c2)s1. The summed E-state index contributed by atoms with van der Waals surface area (Å²) in [6, 6.07) is 3.13. The Morgan fingerprint density at radius 3 is 2.63 bits per heavy atom. The minimum absolute atomic E-state index is 0.119. The number of ketones is 1. The molecular formula is C11H8F2N2OS3. The Morgan fingerprint density at radius 2 is 2.00 bits per heavy atom. The molecule has 0 saturated carbocycles. The van der Waals surface area contributed by atoms with Gasteiger partial charge in [-0.25, -0.2) is 8.78 Å². The molecule has 0 unspecified atom stereocenters. The summed E-state index contributed by atoms with van der Waals surface area (Å²) < 4.78 is 27.2. The molecule has 1 aromatic heterocycles. The Hall–Kier alpha value is -0.990. The van der Waals surface area contributed by atoms with Crippen LogP contribution in [-0.2, 0) is 0 Å². The smallest absolute Gasteiger partial charge is 0.175 e. The highest BCUT2D eigenvalue weighted by molar-refractivity contribution is 8.03. The second kappa shape index (κ2) is 6.44. The van der Waals surface area contributed by atoms with E-state index in [1.165, 1.54) is 40.9 Å². The van der Waals surface area contributed by atoms with Crippen LogP contribution >= 0.6 is 34.9 Å². The number of aromatic nitrogens is 2. The molecule has 0 atom stereocenters. The van der Waals surface area contributed by atoms with Gasteiger partial charge in [-0.05, 0) is 24.5 Å². The highest BCUT2D eigenvalue weighted by Gasteiger charge is 2.12. The van der Waals surface area contributed by atoms with E-state index in [0.29, 0.717) is 4.34 Å². The zero-order chi connectivity index (χ0) is 13.8. The van der Waals surface area contributed by atoms with Gasteiger partial charge in [0.25, 0.3) is 0 Å². The highest BCUT2D eigenvalue weighted by atomic mass is 32.2. The van der Waals surface area contributed by atoms with Crippen molar-refractivity contribution in [1.82, 2.24) is 10.2 Å². The van der Waals surface area contributed by atoms with Gasteiger partial charge >= 0.3 is 0 Å². The third kappa shape index (κ3) is 3.74. The molecule has 0 fully saturated rings. The van der Waals surface area contributed by atoms with Crippen LogP contribution in [0.1, 0.15) is 10.4 Å². The topological polar surface area (TPSA) is 42.9 Å². The van der Waals surface area contributed by atoms with E-state index in [4.69, 9.17) is 0 Å². The summed E-state index contributed by atoms with van der Waals surface area (Å²) in [6.07, 6.45) is 1.89. The van der Waals surface area contributed by atoms with Crippen LogP contribution in [-0.4, -0.2) is 28.0 Å². The number of carbonyl (C=O) groups excluding carboxylic acids is 1. The van der Waals surface area contributed by atoms with E-state index in [0.717, 1.165) is 16.5 Å². The van der Waals surface area contributed by atoms with Gasteiger partial charge in [-0.15, -0.1) is 10.2 Å². The van der Waals surface area contributed by atoms with E-state index in [1.54, 1.807) is 0 Å². The maximum Gasteiger partial charge on any atom is 0.175 e. The van der Waals surface area contributed by atoms with E-state index < -0.39 is 11.6 Å². The molecule has 0 saturated heterocycles. The first-order valence-electron chi connectivity index (χ1n) is 5.08. The van der Waals surface area contributed by atoms with E-state index in [9.17, 15) is 13.6 Å². The van der Waals surface area contributed by atoms with E-state index in [1.807, 2.05) is 6.26 Å². The van der Waals surface area contributed by atoms with Crippen LogP contribution in [0.4, 0.5) is 8.78 Å². The summed E-state index contributed by atoms with van der Waals surface area (Å²) in [5.41, 5.74) is 0.154. The highest BCUT2D eigenvalue weighted by Crippen LogP contribution is 2.27. The average molecular weight is 318 g/mol. The molecular weight excluding hydrogens is 310 g/mol. The van der Waals surface area contributed by atoms with Crippen molar-refractivity contribution in [3.8, 4) is 0 Å². The summed E-state index contributed by atoms with van der Waals surface area (Å²) in [7, 11) is 0. The molecule has 3 nitrogen and oxygen atoms in total. The van der Waals surface area contributed by atoms with Crippen LogP contribution in [0.25, 0.3) is 0 Å². The van der Waals surface area contributed by atoms with Crippen LogP contribution in [0.15, 0.2) is 26.9 Å². The fourth-order valence-corrected chi connectivity index (χ4v) is 3.55. The minimum atomic E-state index is -1.02. The zero-order valence-corrected chi connectivity index (χ0v) is 12.2. The van der Waals surface area contributed by atoms with Crippen LogP contribution < -0.4 is 0 Å². The molecule has 0 N–H and O–H groups in total. The maximum atomic E-state index is 13.0. The van der Waals surface area contributed by atoms with E-state index in [2.05, 4.69) is 10.2 Å². The van der Waals surface area contributed by atoms with E-state index >= 15 is 0 Å². The van der Waals surface area contributed by atoms with Crippen LogP contribution in [0, 0.1) is 11.6 Å². The lowest BCUT2D eigenvalue weighted by atomic mass is 10.1. The van der Waals surface area contributed by atoms with Gasteiger partial charge in [-0.2, -0.15) is 0 Å². The van der Waals surface area contributed by atoms with Crippen LogP contribution in [0.5, 0.6) is 0 Å². The second-order valence-corrected chi connectivity index (χ2v) is 6.63. The summed E-state index contributed by atoms with van der Waals surface area (Å²) in [4.78, 5) is 11.8. The van der Waals surface area contributed by atoms with E-state index in [-0.39, 0.29) is 17.1 Å². The first kappa shape index (κ1) is 14.4. The Bertz CT molecular complexity index is 603. The Morgan fingerprint density at radius 1 is 1.26 bits per heavy atom. The summed E-state index contributed by atoms with van der Waals surface area (Å²) >= 11 is 4.11. The van der Waals surface area contributed by atoms with Gasteiger partial charge in [0.05, 0.1) is 5.75 Å². The number of hydrogen-bond donors (Lipinski definition) is 0. The van der Waals surface area contributed by atoms with Crippen molar-refractivity contribution in [3.05, 3.63) is 35.4 Å². The number of thioether (sulfide) groups is 2. The second-order valence-electron chi connectivity index (χ2n) is 3.38. The van der Waals surface area contributed by atoms with Gasteiger partial charge in [0.2, 0.25) is 0 Å². The minimum Gasteiger partial charge on any atom is -0.293 e. The fraction of sp³-hybridized carbons (Fsp3) is 0.182. The maximum absolute atomic E-state index is 13.0. The monoisotopic (exact) mass is 318 g/mol. The molecule has 1 heterocycles. The van der Waals surface area contributed by atoms with Crippen LogP contribution in [0.2, 0.25) is 0 Å². The standard InChI is InChI=1S/C11H8F2N2OS3/c1-17-10-14-15-11(19-10)18-5-9(16)6-2-3-7(12)8(13)4-6/h2-4H,5H2,1H3. The molecule has 0 aliphatic heterocycles. The normalized spacial score (nSPS) is 10.7. The molecule has 2 aromatic rings. The van der Waals surface area contributed by atoms with Crippen molar-refractivity contribution in [1.29, 1.82) is 0 Å². The molecule has 0 radical (unpaired) electrons. The van der Waals surface area contributed by atoms with Crippen molar-refractivity contribution in [2.24, 2.45) is 0 Å². The van der Waals surface area contributed by atoms with Crippen molar-refractivity contribution in [2.45, 2.75) is 8.68 Å². The largest absolute Gasteiger partial charge is 0.293 e. The number of benzene rings is 1. The number of rotatable bonds is 5. The van der Waals surface area contributed by atoms with Crippen molar-refractivity contribution in [3.63, 3.8) is 0 Å². The van der Waals surface area contributed by atoms with Crippen molar-refractivity contribution < 1.29 is 13.6 Å². The van der Waals surface area contributed by atoms with Crippen molar-refractivity contribution >= 4 is 40.6 Å². The zero-order valence-electron chi connectivity index (χ0n) is 9.72. The lowest BCUT2D eigenvalue weighted by Crippen LogP contribution is -2.03. The summed E-state index contributed by atoms with van der Waals surface area (Å²) in [5, 5.41) is 7.81. The van der Waals surface area contributed by atoms with Gasteiger partial charge in [0, 0.05) is 5.56 Å². The first-order chi connectivity index (χ1) is 9.10. The predicted molar refractivity (Wildman–Crippen MR) is 73.1 cm³/mol. The molecule has 100 valence electrons. The molecule has 0 spiro atoms. The van der Waals surface area contributed by atoms with Gasteiger partial charge in [-0.1, -0.05) is 34.9 Å². The average Bonchev–Trinajstić information content (AvgIpc) is 2.87. The predicted octanol–water partition coefficient (Wildman–Crippen LogP) is 3.51. The molecule has 2 rings (SSSR count). The molecule has 0 aliphatic rings.